The summed E-state index contributed by atoms with van der Waals surface area (Å²) < 4.78 is 11.5. The van der Waals surface area contributed by atoms with Crippen molar-refractivity contribution in [2.24, 2.45) is 0 Å². The Balaban J connectivity index is 1.34. The van der Waals surface area contributed by atoms with Gasteiger partial charge in [0.1, 0.15) is 17.0 Å². The molecule has 6 heteroatoms. The number of carbonyl (C=O) groups excluding carboxylic acids is 1. The fourth-order valence-electron chi connectivity index (χ4n) is 2.99. The molecule has 2 heterocycles. The number of nitrogens with zero attached hydrogens (tertiary/aromatic N) is 2. The van der Waals surface area contributed by atoms with E-state index in [0.717, 1.165) is 28.2 Å². The van der Waals surface area contributed by atoms with E-state index in [-0.39, 0.29) is 5.91 Å². The van der Waals surface area contributed by atoms with E-state index in [9.17, 15) is 4.79 Å². The van der Waals surface area contributed by atoms with E-state index in [2.05, 4.69) is 4.98 Å². The predicted molar refractivity (Wildman–Crippen MR) is 108 cm³/mol. The van der Waals surface area contributed by atoms with Crippen LogP contribution in [0.3, 0.4) is 0 Å². The van der Waals surface area contributed by atoms with Crippen molar-refractivity contribution in [3.63, 3.8) is 0 Å². The molecular formula is C22H19ClN2O3. The first-order valence-corrected chi connectivity index (χ1v) is 9.39. The molecule has 1 amide bonds. The summed E-state index contributed by atoms with van der Waals surface area (Å²) >= 11 is 5.92. The summed E-state index contributed by atoms with van der Waals surface area (Å²) in [6, 6.07) is 18.8. The molecule has 0 saturated carbocycles. The van der Waals surface area contributed by atoms with Crippen LogP contribution in [0, 0.1) is 0 Å². The van der Waals surface area contributed by atoms with Crippen molar-refractivity contribution >= 4 is 28.6 Å². The maximum atomic E-state index is 12.5. The molecule has 5 nitrogen and oxygen atoms in total. The van der Waals surface area contributed by atoms with Gasteiger partial charge in [-0.25, -0.2) is 4.98 Å². The van der Waals surface area contributed by atoms with Gasteiger partial charge in [0, 0.05) is 30.5 Å². The Morgan fingerprint density at radius 3 is 2.61 bits per heavy atom. The fourth-order valence-corrected chi connectivity index (χ4v) is 3.11. The lowest BCUT2D eigenvalue weighted by Crippen LogP contribution is -2.26. The Kier molecular flexibility index (Phi) is 5.17. The molecule has 0 fully saturated rings. The molecular weight excluding hydrogens is 376 g/mol. The first-order chi connectivity index (χ1) is 13.6. The smallest absolute Gasteiger partial charge is 0.223 e. The van der Waals surface area contributed by atoms with Gasteiger partial charge in [0.25, 0.3) is 0 Å². The molecule has 28 heavy (non-hydrogen) atoms. The van der Waals surface area contributed by atoms with Crippen LogP contribution in [0.15, 0.2) is 69.5 Å². The zero-order valence-electron chi connectivity index (χ0n) is 15.4. The van der Waals surface area contributed by atoms with Gasteiger partial charge in [0.15, 0.2) is 11.5 Å². The van der Waals surface area contributed by atoms with Crippen LogP contribution in [0.1, 0.15) is 18.1 Å². The second-order valence-electron chi connectivity index (χ2n) is 6.60. The molecule has 4 rings (SSSR count). The van der Waals surface area contributed by atoms with Gasteiger partial charge in [0.05, 0.1) is 6.54 Å². The third kappa shape index (κ3) is 4.10. The Bertz CT molecular complexity index is 1070. The highest BCUT2D eigenvalue weighted by atomic mass is 35.5. The van der Waals surface area contributed by atoms with Crippen LogP contribution in [-0.2, 0) is 17.8 Å². The van der Waals surface area contributed by atoms with Crippen LogP contribution in [0.25, 0.3) is 22.4 Å². The van der Waals surface area contributed by atoms with Crippen LogP contribution in [0.5, 0.6) is 0 Å². The molecule has 4 aromatic rings. The van der Waals surface area contributed by atoms with Crippen molar-refractivity contribution in [2.45, 2.75) is 19.4 Å². The summed E-state index contributed by atoms with van der Waals surface area (Å²) in [7, 11) is 1.76. The minimum absolute atomic E-state index is 0.00620. The van der Waals surface area contributed by atoms with Crippen molar-refractivity contribution in [1.82, 2.24) is 9.88 Å². The topological polar surface area (TPSA) is 59.5 Å². The lowest BCUT2D eigenvalue weighted by molar-refractivity contribution is -0.130. The molecule has 0 N–H and O–H groups in total. The number of para-hydroxylation sites is 2. The fraction of sp³-hybridized carbons (Fsp3) is 0.182. The van der Waals surface area contributed by atoms with Crippen LogP contribution < -0.4 is 0 Å². The number of hydrogen-bond donors (Lipinski definition) is 0. The molecule has 0 atom stereocenters. The van der Waals surface area contributed by atoms with E-state index >= 15 is 0 Å². The zero-order chi connectivity index (χ0) is 19.5. The Morgan fingerprint density at radius 2 is 1.82 bits per heavy atom. The van der Waals surface area contributed by atoms with E-state index in [1.165, 1.54) is 0 Å². The number of carbonyl (C=O) groups is 1. The summed E-state index contributed by atoms with van der Waals surface area (Å²) in [5.74, 6) is 2.05. The van der Waals surface area contributed by atoms with Gasteiger partial charge in [-0.1, -0.05) is 23.7 Å². The SMILES string of the molecule is CN(Cc1ccc(-c2ccc(Cl)cc2)o1)C(=O)CCc1nc2ccccc2o1. The number of furan rings is 1. The largest absolute Gasteiger partial charge is 0.459 e. The normalized spacial score (nSPS) is 11.1. The van der Waals surface area contributed by atoms with Crippen LogP contribution in [-0.4, -0.2) is 22.8 Å². The minimum atomic E-state index is 0.00620. The average Bonchev–Trinajstić information content (AvgIpc) is 3.33. The van der Waals surface area contributed by atoms with Crippen molar-refractivity contribution in [2.75, 3.05) is 7.05 Å². The van der Waals surface area contributed by atoms with E-state index in [0.29, 0.717) is 30.3 Å². The van der Waals surface area contributed by atoms with Gasteiger partial charge in [-0.05, 0) is 48.5 Å². The lowest BCUT2D eigenvalue weighted by atomic mass is 10.2. The third-order valence-corrected chi connectivity index (χ3v) is 4.75. The molecule has 0 unspecified atom stereocenters. The second-order valence-corrected chi connectivity index (χ2v) is 7.03. The number of hydrogen-bond acceptors (Lipinski definition) is 4. The van der Waals surface area contributed by atoms with Crippen LogP contribution in [0.4, 0.5) is 0 Å². The van der Waals surface area contributed by atoms with Gasteiger partial charge in [-0.2, -0.15) is 0 Å². The van der Waals surface area contributed by atoms with Crippen molar-refractivity contribution in [3.05, 3.63) is 77.3 Å². The standard InChI is InChI=1S/C22H19ClN2O3/c1-25(14-17-10-11-19(27-17)15-6-8-16(23)9-7-15)22(26)13-12-21-24-18-4-2-3-5-20(18)28-21/h2-11H,12-14H2,1H3. The van der Waals surface area contributed by atoms with Gasteiger partial charge < -0.3 is 13.7 Å². The average molecular weight is 395 g/mol. The molecule has 2 aromatic carbocycles. The van der Waals surface area contributed by atoms with Crippen molar-refractivity contribution < 1.29 is 13.6 Å². The number of oxazole rings is 1. The predicted octanol–water partition coefficient (Wildman–Crippen LogP) is 5.33. The number of amides is 1. The monoisotopic (exact) mass is 394 g/mol. The highest BCUT2D eigenvalue weighted by Crippen LogP contribution is 2.24. The van der Waals surface area contributed by atoms with Crippen LogP contribution in [0.2, 0.25) is 5.02 Å². The summed E-state index contributed by atoms with van der Waals surface area (Å²) in [6.45, 7) is 0.403. The number of rotatable bonds is 6. The van der Waals surface area contributed by atoms with Crippen LogP contribution >= 0.6 is 11.6 Å². The molecule has 0 aliphatic heterocycles. The molecule has 0 saturated heterocycles. The molecule has 0 bridgehead atoms. The van der Waals surface area contributed by atoms with E-state index < -0.39 is 0 Å². The summed E-state index contributed by atoms with van der Waals surface area (Å²) in [6.07, 6.45) is 0.792. The maximum absolute atomic E-state index is 12.5. The number of halogens is 1. The highest BCUT2D eigenvalue weighted by molar-refractivity contribution is 6.30. The van der Waals surface area contributed by atoms with Crippen molar-refractivity contribution in [3.8, 4) is 11.3 Å². The number of aromatic nitrogens is 1. The van der Waals surface area contributed by atoms with Gasteiger partial charge >= 0.3 is 0 Å². The Hall–Kier alpha value is -3.05. The second kappa shape index (κ2) is 7.90. The zero-order valence-corrected chi connectivity index (χ0v) is 16.1. The number of aryl methyl sites for hydroxylation is 1. The third-order valence-electron chi connectivity index (χ3n) is 4.50. The van der Waals surface area contributed by atoms with E-state index in [4.69, 9.17) is 20.4 Å². The quantitative estimate of drug-likeness (QED) is 0.443. The van der Waals surface area contributed by atoms with E-state index in [1.807, 2.05) is 60.7 Å². The summed E-state index contributed by atoms with van der Waals surface area (Å²) in [5, 5.41) is 0.680. The minimum Gasteiger partial charge on any atom is -0.459 e. The van der Waals surface area contributed by atoms with Gasteiger partial charge in [0.2, 0.25) is 5.91 Å². The number of benzene rings is 2. The first kappa shape index (κ1) is 18.3. The summed E-state index contributed by atoms with van der Waals surface area (Å²) in [5.41, 5.74) is 2.49. The van der Waals surface area contributed by atoms with Gasteiger partial charge in [-0.3, -0.25) is 4.79 Å². The first-order valence-electron chi connectivity index (χ1n) is 9.01. The molecule has 0 aliphatic carbocycles. The Morgan fingerprint density at radius 1 is 1.04 bits per heavy atom. The van der Waals surface area contributed by atoms with Gasteiger partial charge in [-0.15, -0.1) is 0 Å². The highest BCUT2D eigenvalue weighted by Gasteiger charge is 2.14. The number of fused-ring (bicyclic) bond motifs is 1. The molecule has 0 aliphatic rings. The van der Waals surface area contributed by atoms with Crippen molar-refractivity contribution in [1.29, 1.82) is 0 Å². The maximum Gasteiger partial charge on any atom is 0.223 e. The molecule has 0 spiro atoms. The molecule has 142 valence electrons. The lowest BCUT2D eigenvalue weighted by Gasteiger charge is -2.15. The summed E-state index contributed by atoms with van der Waals surface area (Å²) in [4.78, 5) is 18.5. The van der Waals surface area contributed by atoms with E-state index in [1.54, 1.807) is 11.9 Å². The Labute approximate surface area is 167 Å². The molecule has 0 radical (unpaired) electrons. The molecule has 2 aromatic heterocycles.